The van der Waals surface area contributed by atoms with Crippen LogP contribution in [0.5, 0.6) is 0 Å². The molecule has 1 aromatic rings. The van der Waals surface area contributed by atoms with Gasteiger partial charge in [0.15, 0.2) is 0 Å². The van der Waals surface area contributed by atoms with Crippen LogP contribution in [0.25, 0.3) is 0 Å². The van der Waals surface area contributed by atoms with E-state index in [1.54, 1.807) is 19.1 Å². The normalized spacial score (nSPS) is 9.64. The van der Waals surface area contributed by atoms with Gasteiger partial charge in [0, 0.05) is 1.43 Å². The number of carbonyl (C=O) groups excluding carboxylic acids is 1. The third-order valence-electron chi connectivity index (χ3n) is 2.05. The van der Waals surface area contributed by atoms with E-state index in [0.29, 0.717) is 22.5 Å². The summed E-state index contributed by atoms with van der Waals surface area (Å²) in [6, 6.07) is 3.21. The number of benzene rings is 1. The van der Waals surface area contributed by atoms with Gasteiger partial charge in [0.1, 0.15) is 0 Å². The Morgan fingerprint density at radius 2 is 2.21 bits per heavy atom. The fraction of sp³-hybridized carbons (Fsp3) is 0.222. The summed E-state index contributed by atoms with van der Waals surface area (Å²) in [5.74, 6) is 4.88. The van der Waals surface area contributed by atoms with Crippen LogP contribution in [0.4, 0.5) is 11.4 Å². The van der Waals surface area contributed by atoms with E-state index in [1.165, 1.54) is 7.11 Å². The molecule has 78 valence electrons. The molecule has 0 saturated carbocycles. The molecule has 1 rings (SSSR count). The van der Waals surface area contributed by atoms with Gasteiger partial charge in [-0.2, -0.15) is 0 Å². The topological polar surface area (TPSA) is 90.4 Å². The second-order valence-corrected chi connectivity index (χ2v) is 2.84. The van der Waals surface area contributed by atoms with Crippen molar-refractivity contribution < 1.29 is 11.0 Å². The highest BCUT2D eigenvalue weighted by Crippen LogP contribution is 2.25. The first-order valence-electron chi connectivity index (χ1n) is 4.05. The van der Waals surface area contributed by atoms with Crippen molar-refractivity contribution in [3.63, 3.8) is 0 Å². The number of nitrogens with two attached hydrogens (primary N) is 2. The van der Waals surface area contributed by atoms with Crippen LogP contribution >= 0.6 is 0 Å². The highest BCUT2D eigenvalue weighted by Gasteiger charge is 2.13. The molecule has 5 heteroatoms. The van der Waals surface area contributed by atoms with Crippen LogP contribution in [0, 0.1) is 6.92 Å². The molecule has 0 unspecified atom stereocenters. The molecule has 0 aliphatic rings. The maximum Gasteiger partial charge on any atom is 0.338 e. The van der Waals surface area contributed by atoms with E-state index < -0.39 is 5.97 Å². The summed E-state index contributed by atoms with van der Waals surface area (Å²) < 4.78 is 4.61. The lowest BCUT2D eigenvalue weighted by molar-refractivity contribution is 0.0600. The number of rotatable bonds is 2. The van der Waals surface area contributed by atoms with Crippen molar-refractivity contribution in [1.82, 2.24) is 0 Å². The van der Waals surface area contributed by atoms with Gasteiger partial charge >= 0.3 is 5.97 Å². The summed E-state index contributed by atoms with van der Waals surface area (Å²) in [4.78, 5) is 11.3. The largest absolute Gasteiger partial charge is 0.465 e. The molecule has 0 saturated heterocycles. The molecule has 0 atom stereocenters. The van der Waals surface area contributed by atoms with Crippen LogP contribution in [0.2, 0.25) is 0 Å². The van der Waals surface area contributed by atoms with Crippen molar-refractivity contribution in [1.29, 1.82) is 0 Å². The minimum absolute atomic E-state index is 0. The zero-order valence-corrected chi connectivity index (χ0v) is 8.13. The number of methoxy groups -OCH3 is 1. The van der Waals surface area contributed by atoms with E-state index in [0.717, 1.165) is 0 Å². The highest BCUT2D eigenvalue weighted by atomic mass is 16.5. The van der Waals surface area contributed by atoms with Gasteiger partial charge in [0.05, 0.1) is 24.0 Å². The molecule has 0 heterocycles. The molecule has 0 bridgehead atoms. The van der Waals surface area contributed by atoms with Crippen LogP contribution < -0.4 is 17.0 Å². The van der Waals surface area contributed by atoms with E-state index in [2.05, 4.69) is 10.2 Å². The summed E-state index contributed by atoms with van der Waals surface area (Å²) in [7, 11) is 1.33. The lowest BCUT2D eigenvalue weighted by atomic mass is 10.1. The molecule has 0 radical (unpaired) electrons. The van der Waals surface area contributed by atoms with Crippen LogP contribution in [-0.4, -0.2) is 13.1 Å². The van der Waals surface area contributed by atoms with Crippen LogP contribution in [0.1, 0.15) is 17.3 Å². The molecule has 0 aromatic heterocycles. The molecule has 0 amide bonds. The number of hydrogen-bond acceptors (Lipinski definition) is 5. The SMILES string of the molecule is COC(=O)c1ccc(N)c(NN)c1C.[HH]. The third-order valence-corrected chi connectivity index (χ3v) is 2.05. The predicted octanol–water partition coefficient (Wildman–Crippen LogP) is 0.895. The first-order chi connectivity index (χ1) is 6.61. The standard InChI is InChI=1S/C9H13N3O2.H2/c1-5-6(9(13)14-2)3-4-7(10)8(5)12-11;/h3-4,12H,10-11H2,1-2H3;1H. The van der Waals surface area contributed by atoms with Crippen LogP contribution in [0.15, 0.2) is 12.1 Å². The van der Waals surface area contributed by atoms with E-state index >= 15 is 0 Å². The van der Waals surface area contributed by atoms with Gasteiger partial charge in [0.25, 0.3) is 0 Å². The Labute approximate surface area is 83.5 Å². The third kappa shape index (κ3) is 1.62. The molecule has 14 heavy (non-hydrogen) atoms. The average Bonchev–Trinajstić information content (AvgIpc) is 2.18. The number of esters is 1. The number of hydrogen-bond donors (Lipinski definition) is 3. The fourth-order valence-corrected chi connectivity index (χ4v) is 1.26. The number of ether oxygens (including phenoxy) is 1. The maximum atomic E-state index is 11.3. The first kappa shape index (κ1) is 10.3. The van der Waals surface area contributed by atoms with E-state index in [1.807, 2.05) is 0 Å². The lowest BCUT2D eigenvalue weighted by Crippen LogP contribution is -2.13. The van der Waals surface area contributed by atoms with Crippen LogP contribution in [-0.2, 0) is 4.74 Å². The second kappa shape index (κ2) is 3.97. The van der Waals surface area contributed by atoms with Gasteiger partial charge < -0.3 is 15.9 Å². The Kier molecular flexibility index (Phi) is 2.93. The summed E-state index contributed by atoms with van der Waals surface area (Å²) in [6.07, 6.45) is 0. The van der Waals surface area contributed by atoms with Crippen molar-refractivity contribution >= 4 is 17.3 Å². The number of nitrogens with one attached hydrogen (secondary N) is 1. The Morgan fingerprint density at radius 1 is 1.57 bits per heavy atom. The van der Waals surface area contributed by atoms with Gasteiger partial charge in [-0.3, -0.25) is 5.84 Å². The summed E-state index contributed by atoms with van der Waals surface area (Å²) in [6.45, 7) is 1.75. The average molecular weight is 197 g/mol. The zero-order valence-electron chi connectivity index (χ0n) is 8.13. The second-order valence-electron chi connectivity index (χ2n) is 2.84. The van der Waals surface area contributed by atoms with Crippen LogP contribution in [0.3, 0.4) is 0 Å². The van der Waals surface area contributed by atoms with Gasteiger partial charge in [-0.25, -0.2) is 4.79 Å². The molecule has 5 N–H and O–H groups in total. The minimum Gasteiger partial charge on any atom is -0.465 e. The van der Waals surface area contributed by atoms with Crippen molar-refractivity contribution in [2.75, 3.05) is 18.3 Å². The Morgan fingerprint density at radius 3 is 2.71 bits per heavy atom. The van der Waals surface area contributed by atoms with E-state index in [-0.39, 0.29) is 1.43 Å². The summed E-state index contributed by atoms with van der Waals surface area (Å²) >= 11 is 0. The Balaban J connectivity index is 0.00000196. The molecular weight excluding hydrogens is 182 g/mol. The van der Waals surface area contributed by atoms with Crippen molar-refractivity contribution in [3.8, 4) is 0 Å². The molecule has 0 aliphatic heterocycles. The molecule has 5 nitrogen and oxygen atoms in total. The quantitative estimate of drug-likeness (QED) is 0.283. The number of hydrazine groups is 1. The predicted molar refractivity (Wildman–Crippen MR) is 56.9 cm³/mol. The highest BCUT2D eigenvalue weighted by molar-refractivity contribution is 5.94. The molecule has 0 spiro atoms. The first-order valence-corrected chi connectivity index (χ1v) is 4.05. The van der Waals surface area contributed by atoms with E-state index in [4.69, 9.17) is 11.6 Å². The van der Waals surface area contributed by atoms with Gasteiger partial charge in [-0.1, -0.05) is 0 Å². The molecular formula is C9H15N3O2. The summed E-state index contributed by atoms with van der Waals surface area (Å²) in [5, 5.41) is 0. The Hall–Kier alpha value is -1.75. The van der Waals surface area contributed by atoms with Crippen molar-refractivity contribution in [3.05, 3.63) is 23.3 Å². The zero-order chi connectivity index (χ0) is 10.7. The minimum atomic E-state index is -0.404. The molecule has 0 fully saturated rings. The summed E-state index contributed by atoms with van der Waals surface area (Å²) in [5.41, 5.74) is 10.3. The maximum absolute atomic E-state index is 11.3. The fourth-order valence-electron chi connectivity index (χ4n) is 1.26. The number of anilines is 2. The molecule has 0 aliphatic carbocycles. The monoisotopic (exact) mass is 197 g/mol. The van der Waals surface area contributed by atoms with Gasteiger partial charge in [-0.05, 0) is 24.6 Å². The van der Waals surface area contributed by atoms with Crippen molar-refractivity contribution in [2.24, 2.45) is 5.84 Å². The smallest absolute Gasteiger partial charge is 0.338 e. The Bertz CT molecular complexity index is 369. The van der Waals surface area contributed by atoms with Crippen molar-refractivity contribution in [2.45, 2.75) is 6.92 Å². The number of nitrogen functional groups attached to an aromatic ring is 2. The van der Waals surface area contributed by atoms with Gasteiger partial charge in [-0.15, -0.1) is 0 Å². The van der Waals surface area contributed by atoms with Gasteiger partial charge in [0.2, 0.25) is 0 Å². The number of carbonyl (C=O) groups is 1. The lowest BCUT2D eigenvalue weighted by Gasteiger charge is -2.11. The molecule has 1 aromatic carbocycles. The van der Waals surface area contributed by atoms with E-state index in [9.17, 15) is 4.79 Å².